The molecule has 0 radical (unpaired) electrons. The van der Waals surface area contributed by atoms with E-state index in [-0.39, 0.29) is 23.9 Å². The van der Waals surface area contributed by atoms with Crippen LogP contribution in [0.15, 0.2) is 78.9 Å². The molecule has 7 nitrogen and oxygen atoms in total. The van der Waals surface area contributed by atoms with Gasteiger partial charge in [0, 0.05) is 19.0 Å². The monoisotopic (exact) mass is 591 g/mol. The maximum atomic E-state index is 14.2. The van der Waals surface area contributed by atoms with Gasteiger partial charge in [-0.05, 0) is 54.5 Å². The second-order valence-electron chi connectivity index (χ2n) is 12.1. The van der Waals surface area contributed by atoms with Crippen LogP contribution in [0.2, 0.25) is 0 Å². The highest BCUT2D eigenvalue weighted by atomic mass is 32.2. The summed E-state index contributed by atoms with van der Waals surface area (Å²) in [7, 11) is -3.82. The van der Waals surface area contributed by atoms with Crippen molar-refractivity contribution in [3.63, 3.8) is 0 Å². The molecule has 0 spiro atoms. The minimum absolute atomic E-state index is 0.0825. The molecule has 0 unspecified atom stereocenters. The SMILES string of the molecule is CC[C@@H](C)NC(=O)[C@@H](Cc1ccccc1)N(Cc1ccc(C)cc1)C(=O)CN(c1ccc(C(C)(C)C)cc1)S(C)(=O)=O. The lowest BCUT2D eigenvalue weighted by molar-refractivity contribution is -0.140. The number of carbonyl (C=O) groups is 2. The zero-order chi connectivity index (χ0) is 31.1. The minimum Gasteiger partial charge on any atom is -0.352 e. The molecule has 8 heteroatoms. The Morgan fingerprint density at radius 2 is 1.48 bits per heavy atom. The molecule has 0 aromatic heterocycles. The number of carbonyl (C=O) groups excluding carboxylic acids is 2. The largest absolute Gasteiger partial charge is 0.352 e. The van der Waals surface area contributed by atoms with Gasteiger partial charge >= 0.3 is 0 Å². The molecular weight excluding hydrogens is 546 g/mol. The summed E-state index contributed by atoms with van der Waals surface area (Å²) < 4.78 is 27.2. The summed E-state index contributed by atoms with van der Waals surface area (Å²) in [5, 5.41) is 3.05. The number of amides is 2. The predicted molar refractivity (Wildman–Crippen MR) is 171 cm³/mol. The average Bonchev–Trinajstić information content (AvgIpc) is 2.94. The van der Waals surface area contributed by atoms with E-state index in [1.807, 2.05) is 87.5 Å². The molecule has 42 heavy (non-hydrogen) atoms. The zero-order valence-corrected chi connectivity index (χ0v) is 26.7. The van der Waals surface area contributed by atoms with Gasteiger partial charge < -0.3 is 10.2 Å². The third kappa shape index (κ3) is 9.18. The van der Waals surface area contributed by atoms with Gasteiger partial charge in [-0.3, -0.25) is 13.9 Å². The van der Waals surface area contributed by atoms with Gasteiger partial charge in [0.2, 0.25) is 21.8 Å². The Morgan fingerprint density at radius 3 is 2.00 bits per heavy atom. The van der Waals surface area contributed by atoms with Crippen molar-refractivity contribution in [1.29, 1.82) is 0 Å². The molecule has 0 bridgehead atoms. The van der Waals surface area contributed by atoms with Crippen LogP contribution in [0.25, 0.3) is 0 Å². The lowest BCUT2D eigenvalue weighted by Crippen LogP contribution is -2.54. The van der Waals surface area contributed by atoms with Gasteiger partial charge in [-0.15, -0.1) is 0 Å². The van der Waals surface area contributed by atoms with Crippen LogP contribution in [0.5, 0.6) is 0 Å². The molecule has 2 atom stereocenters. The van der Waals surface area contributed by atoms with E-state index in [0.717, 1.165) is 39.2 Å². The molecule has 3 aromatic rings. The number of hydrogen-bond acceptors (Lipinski definition) is 4. The van der Waals surface area contributed by atoms with Crippen molar-refractivity contribution >= 4 is 27.5 Å². The normalized spacial score (nSPS) is 13.2. The van der Waals surface area contributed by atoms with E-state index < -0.39 is 28.5 Å². The summed E-state index contributed by atoms with van der Waals surface area (Å²) in [5.41, 5.74) is 4.18. The van der Waals surface area contributed by atoms with Gasteiger partial charge in [0.05, 0.1) is 11.9 Å². The van der Waals surface area contributed by atoms with E-state index in [0.29, 0.717) is 12.1 Å². The van der Waals surface area contributed by atoms with Gasteiger partial charge in [-0.25, -0.2) is 8.42 Å². The van der Waals surface area contributed by atoms with Gasteiger partial charge in [-0.2, -0.15) is 0 Å². The average molecular weight is 592 g/mol. The molecular formula is C34H45N3O4S. The number of nitrogens with one attached hydrogen (secondary N) is 1. The smallest absolute Gasteiger partial charge is 0.244 e. The van der Waals surface area contributed by atoms with E-state index in [1.165, 1.54) is 4.90 Å². The highest BCUT2D eigenvalue weighted by molar-refractivity contribution is 7.92. The number of rotatable bonds is 12. The van der Waals surface area contributed by atoms with Gasteiger partial charge in [0.25, 0.3) is 0 Å². The summed E-state index contributed by atoms with van der Waals surface area (Å²) in [6, 6.07) is 23.7. The second-order valence-corrected chi connectivity index (χ2v) is 14.0. The van der Waals surface area contributed by atoms with Crippen molar-refractivity contribution in [2.45, 2.75) is 78.4 Å². The van der Waals surface area contributed by atoms with Crippen molar-refractivity contribution in [1.82, 2.24) is 10.2 Å². The first-order valence-corrected chi connectivity index (χ1v) is 16.3. The van der Waals surface area contributed by atoms with Crippen LogP contribution in [0.1, 0.15) is 63.3 Å². The summed E-state index contributed by atoms with van der Waals surface area (Å²) in [6.45, 7) is 11.9. The van der Waals surface area contributed by atoms with Crippen LogP contribution in [0, 0.1) is 6.92 Å². The first kappa shape index (κ1) is 32.9. The zero-order valence-electron chi connectivity index (χ0n) is 25.9. The highest BCUT2D eigenvalue weighted by Crippen LogP contribution is 2.26. The van der Waals surface area contributed by atoms with E-state index in [2.05, 4.69) is 26.1 Å². The maximum Gasteiger partial charge on any atom is 0.244 e. The molecule has 0 heterocycles. The summed E-state index contributed by atoms with van der Waals surface area (Å²) in [5.74, 6) is -0.727. The molecule has 0 aliphatic rings. The molecule has 0 saturated carbocycles. The second kappa shape index (κ2) is 14.0. The Kier molecular flexibility index (Phi) is 11.0. The van der Waals surface area contributed by atoms with E-state index in [9.17, 15) is 18.0 Å². The van der Waals surface area contributed by atoms with Crippen LogP contribution >= 0.6 is 0 Å². The third-order valence-corrected chi connectivity index (χ3v) is 8.59. The Morgan fingerprint density at radius 1 is 0.881 bits per heavy atom. The van der Waals surface area contributed by atoms with Crippen molar-refractivity contribution < 1.29 is 18.0 Å². The molecule has 3 aromatic carbocycles. The van der Waals surface area contributed by atoms with Crippen LogP contribution in [0.3, 0.4) is 0 Å². The van der Waals surface area contributed by atoms with Gasteiger partial charge in [0.15, 0.2) is 0 Å². The Labute approximate surface area is 252 Å². The summed E-state index contributed by atoms with van der Waals surface area (Å²) in [6.07, 6.45) is 2.13. The fourth-order valence-electron chi connectivity index (χ4n) is 4.63. The lowest BCUT2D eigenvalue weighted by atomic mass is 9.87. The standard InChI is InChI=1S/C34H45N3O4S/c1-8-26(3)35-33(39)31(22-27-12-10-9-11-13-27)36(23-28-16-14-25(2)15-17-28)32(38)24-37(42(7,40)41)30-20-18-29(19-21-30)34(4,5)6/h9-21,26,31H,8,22-24H2,1-7H3,(H,35,39)/t26-,31-/m1/s1. The van der Waals surface area contributed by atoms with Crippen LogP contribution in [-0.2, 0) is 38.0 Å². The van der Waals surface area contributed by atoms with Gasteiger partial charge in [0.1, 0.15) is 12.6 Å². The van der Waals surface area contributed by atoms with Crippen molar-refractivity contribution in [3.8, 4) is 0 Å². The van der Waals surface area contributed by atoms with E-state index in [1.54, 1.807) is 12.1 Å². The molecule has 0 aliphatic heterocycles. The molecule has 3 rings (SSSR count). The molecule has 1 N–H and O–H groups in total. The minimum atomic E-state index is -3.82. The number of sulfonamides is 1. The summed E-state index contributed by atoms with van der Waals surface area (Å²) >= 11 is 0. The number of hydrogen-bond donors (Lipinski definition) is 1. The number of nitrogens with zero attached hydrogens (tertiary/aromatic N) is 2. The van der Waals surface area contributed by atoms with Gasteiger partial charge in [-0.1, -0.05) is 100.0 Å². The Hall–Kier alpha value is -3.65. The highest BCUT2D eigenvalue weighted by Gasteiger charge is 2.33. The molecule has 0 aliphatic carbocycles. The first-order chi connectivity index (χ1) is 19.7. The first-order valence-electron chi connectivity index (χ1n) is 14.5. The topological polar surface area (TPSA) is 86.8 Å². The molecule has 2 amide bonds. The fraction of sp³-hybridized carbons (Fsp3) is 0.412. The molecule has 0 fully saturated rings. The van der Waals surface area contributed by atoms with Crippen molar-refractivity contribution in [2.24, 2.45) is 0 Å². The van der Waals surface area contributed by atoms with E-state index in [4.69, 9.17) is 0 Å². The predicted octanol–water partition coefficient (Wildman–Crippen LogP) is 5.61. The fourth-order valence-corrected chi connectivity index (χ4v) is 5.48. The lowest BCUT2D eigenvalue weighted by Gasteiger charge is -2.34. The van der Waals surface area contributed by atoms with Crippen LogP contribution in [0.4, 0.5) is 5.69 Å². The van der Waals surface area contributed by atoms with Crippen LogP contribution < -0.4 is 9.62 Å². The molecule has 226 valence electrons. The van der Waals surface area contributed by atoms with Crippen molar-refractivity contribution in [3.05, 3.63) is 101 Å². The molecule has 0 saturated heterocycles. The third-order valence-electron chi connectivity index (χ3n) is 7.45. The van der Waals surface area contributed by atoms with Crippen molar-refractivity contribution in [2.75, 3.05) is 17.1 Å². The summed E-state index contributed by atoms with van der Waals surface area (Å²) in [4.78, 5) is 29.5. The maximum absolute atomic E-state index is 14.2. The Bertz CT molecular complexity index is 1430. The number of aryl methyl sites for hydroxylation is 1. The quantitative estimate of drug-likeness (QED) is 0.297. The van der Waals surface area contributed by atoms with E-state index >= 15 is 0 Å². The number of anilines is 1. The Balaban J connectivity index is 2.05. The number of benzene rings is 3. The van der Waals surface area contributed by atoms with Crippen LogP contribution in [-0.4, -0.2) is 50.0 Å².